The minimum atomic E-state index is 0.395. The van der Waals surface area contributed by atoms with Crippen LogP contribution in [0.25, 0.3) is 0 Å². The van der Waals surface area contributed by atoms with Gasteiger partial charge in [-0.15, -0.1) is 0 Å². The molecule has 0 saturated heterocycles. The van der Waals surface area contributed by atoms with Crippen molar-refractivity contribution < 1.29 is 4.74 Å². The van der Waals surface area contributed by atoms with E-state index in [1.807, 2.05) is 0 Å². The average Bonchev–Trinajstić information content (AvgIpc) is 2.21. The van der Waals surface area contributed by atoms with E-state index in [1.165, 1.54) is 9.13 Å². The molecule has 2 nitrogen and oxygen atoms in total. The van der Waals surface area contributed by atoms with E-state index in [9.17, 15) is 0 Å². The number of hydrogen-bond donors (Lipinski definition) is 0. The highest BCUT2D eigenvalue weighted by molar-refractivity contribution is 14.1. The lowest BCUT2D eigenvalue weighted by Crippen LogP contribution is -2.27. The quantitative estimate of drug-likeness (QED) is 0.540. The van der Waals surface area contributed by atoms with Gasteiger partial charge >= 0.3 is 0 Å². The molecule has 0 N–H and O–H groups in total. The third-order valence-electron chi connectivity index (χ3n) is 2.22. The zero-order valence-electron chi connectivity index (χ0n) is 9.62. The summed E-state index contributed by atoms with van der Waals surface area (Å²) in [5, 5.41) is 0. The topological polar surface area (TPSA) is 12.5 Å². The fourth-order valence-electron chi connectivity index (χ4n) is 1.54. The summed E-state index contributed by atoms with van der Waals surface area (Å²) in [6.45, 7) is 2.71. The van der Waals surface area contributed by atoms with E-state index in [0.717, 1.165) is 19.7 Å². The fourth-order valence-corrected chi connectivity index (χ4v) is 2.66. The van der Waals surface area contributed by atoms with Gasteiger partial charge < -0.3 is 9.64 Å². The largest absolute Gasteiger partial charge is 0.383 e. The van der Waals surface area contributed by atoms with Crippen LogP contribution in [0.15, 0.2) is 24.3 Å². The van der Waals surface area contributed by atoms with Crippen LogP contribution in [0.4, 0.5) is 0 Å². The molecule has 0 amide bonds. The van der Waals surface area contributed by atoms with E-state index in [-0.39, 0.29) is 0 Å². The summed E-state index contributed by atoms with van der Waals surface area (Å²) in [4.78, 5) is 2.69. The van der Waals surface area contributed by atoms with Gasteiger partial charge in [0.1, 0.15) is 0 Å². The van der Waals surface area contributed by atoms with E-state index >= 15 is 0 Å². The Kier molecular flexibility index (Phi) is 6.87. The van der Waals surface area contributed by atoms with E-state index in [1.54, 1.807) is 7.11 Å². The lowest BCUT2D eigenvalue weighted by Gasteiger charge is -2.19. The molecule has 1 unspecified atom stereocenters. The molecule has 1 aromatic rings. The van der Waals surface area contributed by atoms with Gasteiger partial charge in [-0.1, -0.05) is 28.1 Å². The highest BCUT2D eigenvalue weighted by Gasteiger charge is 2.07. The van der Waals surface area contributed by atoms with Crippen LogP contribution in [0.1, 0.15) is 5.56 Å². The first-order valence-corrected chi connectivity index (χ1v) is 7.17. The number of alkyl halides is 1. The molecule has 0 aliphatic rings. The maximum atomic E-state index is 5.10. The van der Waals surface area contributed by atoms with Crippen LogP contribution in [0, 0.1) is 3.57 Å². The van der Waals surface area contributed by atoms with Gasteiger partial charge in [-0.3, -0.25) is 0 Å². The summed E-state index contributed by atoms with van der Waals surface area (Å²) in [6.07, 6.45) is 0. The monoisotopic (exact) mass is 397 g/mol. The van der Waals surface area contributed by atoms with Crippen LogP contribution >= 0.6 is 38.5 Å². The number of ether oxygens (including phenoxy) is 1. The normalized spacial score (nSPS) is 13.1. The van der Waals surface area contributed by atoms with Crippen LogP contribution in [-0.2, 0) is 11.3 Å². The van der Waals surface area contributed by atoms with E-state index in [2.05, 4.69) is 74.7 Å². The lowest BCUT2D eigenvalue weighted by molar-refractivity contribution is 0.185. The summed E-state index contributed by atoms with van der Waals surface area (Å²) in [5.74, 6) is 0. The van der Waals surface area contributed by atoms with Crippen LogP contribution in [0.2, 0.25) is 0 Å². The molecule has 0 spiro atoms. The number of nitrogens with zero attached hydrogens (tertiary/aromatic N) is 1. The smallest absolute Gasteiger partial charge is 0.0600 e. The molecule has 0 bridgehead atoms. The molecule has 0 saturated carbocycles. The second-order valence-corrected chi connectivity index (χ2v) is 6.42. The average molecular weight is 398 g/mol. The highest BCUT2D eigenvalue weighted by atomic mass is 127. The Morgan fingerprint density at radius 2 is 2.00 bits per heavy atom. The first-order valence-electron chi connectivity index (χ1n) is 5.18. The van der Waals surface area contributed by atoms with Gasteiger partial charge in [0.15, 0.2) is 0 Å². The lowest BCUT2D eigenvalue weighted by atomic mass is 10.2. The molecule has 0 heterocycles. The molecule has 0 aliphatic heterocycles. The van der Waals surface area contributed by atoms with Crippen molar-refractivity contribution in [1.29, 1.82) is 0 Å². The SMILES string of the molecule is COCC(Br)CN(C)Cc1ccc(I)cc1. The van der Waals surface area contributed by atoms with Gasteiger partial charge in [0.05, 0.1) is 11.4 Å². The van der Waals surface area contributed by atoms with Crippen LogP contribution in [0.5, 0.6) is 0 Å². The molecule has 90 valence electrons. The van der Waals surface area contributed by atoms with Crippen molar-refractivity contribution in [1.82, 2.24) is 4.90 Å². The molecule has 0 aliphatic carbocycles. The predicted molar refractivity (Wildman–Crippen MR) is 80.1 cm³/mol. The van der Waals surface area contributed by atoms with Gasteiger partial charge in [-0.25, -0.2) is 0 Å². The zero-order valence-corrected chi connectivity index (χ0v) is 13.4. The maximum Gasteiger partial charge on any atom is 0.0600 e. The molecule has 1 rings (SSSR count). The standard InChI is InChI=1S/C12H17BrINO/c1-15(8-11(13)9-16-2)7-10-3-5-12(14)6-4-10/h3-6,11H,7-9H2,1-2H3. The summed E-state index contributed by atoms with van der Waals surface area (Å²) < 4.78 is 6.38. The second kappa shape index (κ2) is 7.63. The molecule has 1 atom stereocenters. The van der Waals surface area contributed by atoms with Crippen LogP contribution in [-0.4, -0.2) is 37.0 Å². The molecular formula is C12H17BrINO. The second-order valence-electron chi connectivity index (χ2n) is 3.88. The summed E-state index contributed by atoms with van der Waals surface area (Å²) >= 11 is 5.92. The van der Waals surface area contributed by atoms with E-state index in [4.69, 9.17) is 4.74 Å². The molecule has 0 aromatic heterocycles. The van der Waals surface area contributed by atoms with Gasteiger partial charge in [-0.2, -0.15) is 0 Å². The van der Waals surface area contributed by atoms with Crippen LogP contribution < -0.4 is 0 Å². The van der Waals surface area contributed by atoms with Gasteiger partial charge in [-0.05, 0) is 47.3 Å². The summed E-state index contributed by atoms with van der Waals surface area (Å²) in [5.41, 5.74) is 1.35. The minimum absolute atomic E-state index is 0.395. The van der Waals surface area contributed by atoms with E-state index < -0.39 is 0 Å². The molecule has 0 radical (unpaired) electrons. The van der Waals surface area contributed by atoms with Crippen molar-refractivity contribution in [2.75, 3.05) is 27.3 Å². The Bertz CT molecular complexity index is 304. The first kappa shape index (κ1) is 14.4. The Morgan fingerprint density at radius 3 is 2.56 bits per heavy atom. The van der Waals surface area contributed by atoms with Crippen molar-refractivity contribution in [2.24, 2.45) is 0 Å². The number of halogens is 2. The van der Waals surface area contributed by atoms with Crippen molar-refractivity contribution in [3.63, 3.8) is 0 Å². The van der Waals surface area contributed by atoms with Gasteiger partial charge in [0, 0.05) is 23.8 Å². The van der Waals surface area contributed by atoms with Gasteiger partial charge in [0.2, 0.25) is 0 Å². The molecule has 4 heteroatoms. The molecule has 0 fully saturated rings. The third-order valence-corrected chi connectivity index (χ3v) is 3.50. The van der Waals surface area contributed by atoms with Gasteiger partial charge in [0.25, 0.3) is 0 Å². The highest BCUT2D eigenvalue weighted by Crippen LogP contribution is 2.10. The first-order chi connectivity index (χ1) is 7.61. The minimum Gasteiger partial charge on any atom is -0.383 e. The molecule has 16 heavy (non-hydrogen) atoms. The Hall–Kier alpha value is 0.350. The molecular weight excluding hydrogens is 381 g/mol. The Labute approximate surface area is 120 Å². The number of rotatable bonds is 6. The zero-order chi connectivity index (χ0) is 12.0. The van der Waals surface area contributed by atoms with Crippen LogP contribution in [0.3, 0.4) is 0 Å². The molecule has 1 aromatic carbocycles. The number of hydrogen-bond acceptors (Lipinski definition) is 2. The summed E-state index contributed by atoms with van der Waals surface area (Å²) in [7, 11) is 3.86. The van der Waals surface area contributed by atoms with Crippen molar-refractivity contribution in [3.05, 3.63) is 33.4 Å². The Balaban J connectivity index is 2.39. The Morgan fingerprint density at radius 1 is 1.38 bits per heavy atom. The van der Waals surface area contributed by atoms with Crippen molar-refractivity contribution in [3.8, 4) is 0 Å². The van der Waals surface area contributed by atoms with E-state index in [0.29, 0.717) is 4.83 Å². The fraction of sp³-hybridized carbons (Fsp3) is 0.500. The number of benzene rings is 1. The third kappa shape index (κ3) is 5.61. The number of methoxy groups -OCH3 is 1. The predicted octanol–water partition coefficient (Wildman–Crippen LogP) is 3.13. The maximum absolute atomic E-state index is 5.10. The van der Waals surface area contributed by atoms with Crippen molar-refractivity contribution >= 4 is 38.5 Å². The summed E-state index contributed by atoms with van der Waals surface area (Å²) in [6, 6.07) is 8.64. The van der Waals surface area contributed by atoms with Crippen molar-refractivity contribution in [2.45, 2.75) is 11.4 Å².